The van der Waals surface area contributed by atoms with Crippen LogP contribution in [-0.4, -0.2) is 144 Å². The summed E-state index contributed by atoms with van der Waals surface area (Å²) in [6.45, 7) is 23.5. The normalized spacial score (nSPS) is 44.0. The number of nitrogens with zero attached hydrogens (tertiary/aromatic N) is 2. The number of methoxy groups -OCH3 is 1. The topological polar surface area (TPSA) is 165 Å². The first kappa shape index (κ1) is 50.4. The summed E-state index contributed by atoms with van der Waals surface area (Å²) in [4.78, 5) is 35.8. The number of fused-ring (bicyclic) bond motifs is 1. The van der Waals surface area contributed by atoms with E-state index in [1.807, 2.05) is 91.7 Å². The summed E-state index contributed by atoms with van der Waals surface area (Å²) >= 11 is 0. The fraction of sp³-hybridized carbons (Fsp3) is 0.771. The second-order valence-corrected chi connectivity index (χ2v) is 19.4. The Morgan fingerprint density at radius 3 is 2.34 bits per heavy atom. The second kappa shape index (κ2) is 20.7. The minimum absolute atomic E-state index is 0.0170. The monoisotopic (exact) mass is 873 g/mol. The largest absolute Gasteiger partial charge is 0.459 e. The molecule has 4 aliphatic heterocycles. The highest BCUT2D eigenvalue weighted by Crippen LogP contribution is 2.47. The number of pyridine rings is 1. The summed E-state index contributed by atoms with van der Waals surface area (Å²) in [7, 11) is 5.36. The number of aliphatic hydroxyl groups excluding tert-OH is 2. The van der Waals surface area contributed by atoms with Crippen molar-refractivity contribution < 1.29 is 57.7 Å². The van der Waals surface area contributed by atoms with E-state index < -0.39 is 102 Å². The molecule has 1 aromatic rings. The van der Waals surface area contributed by atoms with Crippen LogP contribution in [0.15, 0.2) is 42.8 Å². The Kier molecular flexibility index (Phi) is 16.8. The van der Waals surface area contributed by atoms with Gasteiger partial charge in [-0.3, -0.25) is 14.6 Å². The standard InChI is InChI=1S/C48H76N2O12/c1-15-36-48(11)38(28(3)26-57-48)30(5)39(51)27(2)23-47(10,56-21-17-19-34-18-16-20-49-25-34)43(62-45-40(52)35(50(12)13)22-29(4)58-45)31(6)41(32(7)44(54)60-36)61-37-24-46(9,55-14)42(53)33(8)59-37/h16-20,25,27,29-33,35-38,40-43,45,52-53H,3,15,21-24,26H2,1-2,4-14H3/b19-17+/t27?,29-,30?,31+,32-,33+,35+,36-,37+,38+,40-,41+,42?,43-,45+,46-,47-,48-/m1/s1. The summed E-state index contributed by atoms with van der Waals surface area (Å²) in [6.07, 6.45) is 1.01. The molecule has 62 heavy (non-hydrogen) atoms. The van der Waals surface area contributed by atoms with Gasteiger partial charge >= 0.3 is 5.97 Å². The molecule has 5 heterocycles. The lowest BCUT2D eigenvalue weighted by Gasteiger charge is -2.50. The first-order chi connectivity index (χ1) is 29.1. The van der Waals surface area contributed by atoms with E-state index in [4.69, 9.17) is 37.9 Å². The zero-order valence-corrected chi connectivity index (χ0v) is 39.4. The van der Waals surface area contributed by atoms with Crippen LogP contribution in [0.3, 0.4) is 0 Å². The third kappa shape index (κ3) is 10.7. The van der Waals surface area contributed by atoms with Gasteiger partial charge in [0.1, 0.15) is 29.7 Å². The molecule has 0 saturated carbocycles. The number of ether oxygens (including phenoxy) is 8. The molecular weight excluding hydrogens is 797 g/mol. The predicted octanol–water partition coefficient (Wildman–Crippen LogP) is 5.77. The maximum absolute atomic E-state index is 14.9. The van der Waals surface area contributed by atoms with Crippen molar-refractivity contribution in [1.82, 2.24) is 9.88 Å². The Bertz CT molecular complexity index is 1700. The van der Waals surface area contributed by atoms with Crippen molar-refractivity contribution in [3.05, 3.63) is 48.3 Å². The predicted molar refractivity (Wildman–Crippen MR) is 234 cm³/mol. The fourth-order valence-electron chi connectivity index (χ4n) is 10.7. The lowest BCUT2D eigenvalue weighted by molar-refractivity contribution is -0.320. The molecule has 4 aliphatic rings. The first-order valence-corrected chi connectivity index (χ1v) is 22.6. The van der Waals surface area contributed by atoms with Crippen LogP contribution >= 0.6 is 0 Å². The SMILES string of the molecule is C=C1CO[C@]2(C)[C@@H](CC)OC(=O)[C@H](C)[C@@H](O[C@H]3C[C@@](C)(OC)C(O)[C@H](C)O3)[C@H](C)[C@@H](O[C@@H]3O[C@H](C)C[C@H](N(C)C)[C@H]3O)[C@](C)(OC/C=C/c3cccnc3)CC(C)C(=O)C(C)[C@H]12. The van der Waals surface area contributed by atoms with Gasteiger partial charge in [0.25, 0.3) is 0 Å². The van der Waals surface area contributed by atoms with E-state index in [0.29, 0.717) is 12.8 Å². The van der Waals surface area contributed by atoms with Gasteiger partial charge in [-0.1, -0.05) is 52.5 Å². The van der Waals surface area contributed by atoms with Crippen LogP contribution in [0.2, 0.25) is 0 Å². The summed E-state index contributed by atoms with van der Waals surface area (Å²) in [5.41, 5.74) is -1.66. The van der Waals surface area contributed by atoms with Gasteiger partial charge in [-0.25, -0.2) is 0 Å². The molecule has 1 aromatic heterocycles. The van der Waals surface area contributed by atoms with Crippen molar-refractivity contribution in [1.29, 1.82) is 0 Å². The van der Waals surface area contributed by atoms with Gasteiger partial charge in [0.15, 0.2) is 12.6 Å². The van der Waals surface area contributed by atoms with E-state index in [-0.39, 0.29) is 44.0 Å². The lowest BCUT2D eigenvalue weighted by atomic mass is 9.69. The third-order valence-electron chi connectivity index (χ3n) is 14.3. The van der Waals surface area contributed by atoms with E-state index in [1.165, 1.54) is 7.11 Å². The van der Waals surface area contributed by atoms with Crippen LogP contribution in [0, 0.1) is 29.6 Å². The van der Waals surface area contributed by atoms with Gasteiger partial charge in [-0.2, -0.15) is 0 Å². The van der Waals surface area contributed by atoms with Crippen LogP contribution in [-0.2, 0) is 47.5 Å². The van der Waals surface area contributed by atoms with Crippen molar-refractivity contribution in [3.63, 3.8) is 0 Å². The number of hydrogen-bond acceptors (Lipinski definition) is 14. The summed E-state index contributed by atoms with van der Waals surface area (Å²) in [6, 6.07) is 3.51. The lowest BCUT2D eigenvalue weighted by Crippen LogP contribution is -2.61. The Morgan fingerprint density at radius 1 is 1.00 bits per heavy atom. The number of Topliss-reactive ketones (excluding diaryl/α,β-unsaturated/α-hetero) is 1. The highest BCUT2D eigenvalue weighted by Gasteiger charge is 2.57. The molecule has 4 fully saturated rings. The molecule has 350 valence electrons. The molecule has 0 bridgehead atoms. The molecule has 0 aliphatic carbocycles. The van der Waals surface area contributed by atoms with Crippen LogP contribution in [0.5, 0.6) is 0 Å². The third-order valence-corrected chi connectivity index (χ3v) is 14.3. The zero-order chi connectivity index (χ0) is 45.9. The van der Waals surface area contributed by atoms with Crippen molar-refractivity contribution in [3.8, 4) is 0 Å². The minimum atomic E-state index is -1.27. The number of aliphatic hydroxyl groups is 2. The molecule has 2 N–H and O–H groups in total. The Hall–Kier alpha value is -2.63. The number of esters is 1. The summed E-state index contributed by atoms with van der Waals surface area (Å²) < 4.78 is 52.6. The second-order valence-electron chi connectivity index (χ2n) is 19.4. The van der Waals surface area contributed by atoms with Crippen LogP contribution in [0.1, 0.15) is 100 Å². The Morgan fingerprint density at radius 2 is 1.71 bits per heavy atom. The van der Waals surface area contributed by atoms with Crippen LogP contribution in [0.4, 0.5) is 0 Å². The highest BCUT2D eigenvalue weighted by atomic mass is 16.7. The molecule has 3 unspecified atom stereocenters. The van der Waals surface area contributed by atoms with Gasteiger partial charge in [0, 0.05) is 55.6 Å². The van der Waals surface area contributed by atoms with Crippen LogP contribution < -0.4 is 0 Å². The van der Waals surface area contributed by atoms with E-state index in [0.717, 1.165) is 11.1 Å². The van der Waals surface area contributed by atoms with Gasteiger partial charge in [-0.15, -0.1) is 0 Å². The van der Waals surface area contributed by atoms with E-state index in [2.05, 4.69) is 11.6 Å². The van der Waals surface area contributed by atoms with Crippen molar-refractivity contribution in [2.75, 3.05) is 34.4 Å². The first-order valence-electron chi connectivity index (χ1n) is 22.6. The van der Waals surface area contributed by atoms with E-state index >= 15 is 0 Å². The van der Waals surface area contributed by atoms with Gasteiger partial charge < -0.3 is 53.0 Å². The fourth-order valence-corrected chi connectivity index (χ4v) is 10.7. The molecular formula is C48H76N2O12. The molecule has 0 amide bonds. The maximum Gasteiger partial charge on any atom is 0.311 e. The number of likely N-dealkylation sites (N-methyl/N-ethyl adjacent to an activating group) is 1. The molecule has 0 radical (unpaired) electrons. The number of ketones is 1. The summed E-state index contributed by atoms with van der Waals surface area (Å²) in [5.74, 6) is -3.72. The maximum atomic E-state index is 14.9. The number of cyclic esters (lactones) is 1. The minimum Gasteiger partial charge on any atom is -0.459 e. The van der Waals surface area contributed by atoms with Crippen molar-refractivity contribution >= 4 is 17.8 Å². The van der Waals surface area contributed by atoms with Gasteiger partial charge in [-0.05, 0) is 92.1 Å². The molecule has 5 rings (SSSR count). The van der Waals surface area contributed by atoms with Crippen molar-refractivity contribution in [2.24, 2.45) is 29.6 Å². The number of carbonyl (C=O) groups excluding carboxylic acids is 2. The Labute approximate surface area is 370 Å². The van der Waals surface area contributed by atoms with Gasteiger partial charge in [0.2, 0.25) is 0 Å². The smallest absolute Gasteiger partial charge is 0.311 e. The molecule has 14 heteroatoms. The summed E-state index contributed by atoms with van der Waals surface area (Å²) in [5, 5.41) is 23.0. The molecule has 18 atom stereocenters. The quantitative estimate of drug-likeness (QED) is 0.204. The van der Waals surface area contributed by atoms with E-state index in [1.54, 1.807) is 33.2 Å². The number of carbonyl (C=O) groups is 2. The molecule has 0 spiro atoms. The van der Waals surface area contributed by atoms with E-state index in [9.17, 15) is 19.8 Å². The number of aromatic nitrogens is 1. The van der Waals surface area contributed by atoms with Crippen molar-refractivity contribution in [2.45, 2.75) is 173 Å². The molecule has 0 aromatic carbocycles. The average Bonchev–Trinajstić information content (AvgIpc) is 3.54. The van der Waals surface area contributed by atoms with Crippen LogP contribution in [0.25, 0.3) is 6.08 Å². The van der Waals surface area contributed by atoms with Gasteiger partial charge in [0.05, 0.1) is 54.7 Å². The number of rotatable bonds is 11. The molecule has 14 nitrogen and oxygen atoms in total. The average molecular weight is 873 g/mol. The Balaban J connectivity index is 1.68. The molecule has 4 saturated heterocycles. The highest BCUT2D eigenvalue weighted by molar-refractivity contribution is 5.84. The zero-order valence-electron chi connectivity index (χ0n) is 39.4. The number of hydrogen-bond donors (Lipinski definition) is 2.